The van der Waals surface area contributed by atoms with Crippen molar-refractivity contribution >= 4 is 5.82 Å². The van der Waals surface area contributed by atoms with Crippen molar-refractivity contribution in [2.75, 3.05) is 31.1 Å². The van der Waals surface area contributed by atoms with Crippen LogP contribution in [0.2, 0.25) is 0 Å². The molecule has 2 aromatic rings. The van der Waals surface area contributed by atoms with E-state index in [1.165, 1.54) is 29.5 Å². The lowest BCUT2D eigenvalue weighted by atomic mass is 9.78. The summed E-state index contributed by atoms with van der Waals surface area (Å²) in [6.45, 7) is 12.9. The molecule has 1 aliphatic heterocycles. The van der Waals surface area contributed by atoms with Gasteiger partial charge in [-0.25, -0.2) is 4.98 Å². The van der Waals surface area contributed by atoms with Gasteiger partial charge in [-0.05, 0) is 85.2 Å². The van der Waals surface area contributed by atoms with Gasteiger partial charge in [0.2, 0.25) is 0 Å². The summed E-state index contributed by atoms with van der Waals surface area (Å²) in [4.78, 5) is 7.50. The molecule has 1 saturated heterocycles. The highest BCUT2D eigenvalue weighted by Gasteiger charge is 2.32. The Morgan fingerprint density at radius 2 is 1.97 bits per heavy atom. The third kappa shape index (κ3) is 5.02. The largest absolute Gasteiger partial charge is 0.396 e. The molecular formula is C28H41N3O. The van der Waals surface area contributed by atoms with Gasteiger partial charge in [-0.15, -0.1) is 0 Å². The lowest BCUT2D eigenvalue weighted by Crippen LogP contribution is -2.33. The molecule has 32 heavy (non-hydrogen) atoms. The molecule has 0 radical (unpaired) electrons. The first-order chi connectivity index (χ1) is 15.4. The second kappa shape index (κ2) is 9.93. The summed E-state index contributed by atoms with van der Waals surface area (Å²) in [5, 5.41) is 12.6. The van der Waals surface area contributed by atoms with Crippen LogP contribution < -0.4 is 10.2 Å². The Hall–Kier alpha value is -1.91. The summed E-state index contributed by atoms with van der Waals surface area (Å²) < 4.78 is 0. The number of hydrogen-bond acceptors (Lipinski definition) is 4. The molecule has 2 heterocycles. The van der Waals surface area contributed by atoms with Crippen LogP contribution in [0.3, 0.4) is 0 Å². The Bertz CT molecular complexity index is 909. The second-order valence-corrected chi connectivity index (χ2v) is 10.7. The molecule has 4 nitrogen and oxygen atoms in total. The van der Waals surface area contributed by atoms with Crippen molar-refractivity contribution < 1.29 is 5.11 Å². The third-order valence-electron chi connectivity index (χ3n) is 7.91. The van der Waals surface area contributed by atoms with Crippen LogP contribution in [-0.4, -0.2) is 42.4 Å². The SMILES string of the molecule is CC1CCC(C)(C)c2cc(-c3cccc(N4CCC(NCCCCO)C4)n3)ccc2C1C. The molecule has 2 aliphatic rings. The number of unbranched alkanes of at least 4 members (excludes halogenated alkanes) is 1. The number of aliphatic hydroxyl groups excluding tert-OH is 1. The first-order valence-electron chi connectivity index (χ1n) is 12.6. The van der Waals surface area contributed by atoms with Crippen molar-refractivity contribution in [2.24, 2.45) is 5.92 Å². The number of anilines is 1. The van der Waals surface area contributed by atoms with Gasteiger partial charge in [-0.2, -0.15) is 0 Å². The van der Waals surface area contributed by atoms with Crippen LogP contribution in [0.5, 0.6) is 0 Å². The summed E-state index contributed by atoms with van der Waals surface area (Å²) in [5.74, 6) is 2.41. The third-order valence-corrected chi connectivity index (χ3v) is 7.91. The van der Waals surface area contributed by atoms with E-state index in [2.05, 4.69) is 74.3 Å². The maximum absolute atomic E-state index is 8.96. The quantitative estimate of drug-likeness (QED) is 0.445. The zero-order valence-corrected chi connectivity index (χ0v) is 20.4. The first kappa shape index (κ1) is 23.3. The highest BCUT2D eigenvalue weighted by atomic mass is 16.2. The molecule has 1 aromatic heterocycles. The highest BCUT2D eigenvalue weighted by Crippen LogP contribution is 2.44. The van der Waals surface area contributed by atoms with Crippen LogP contribution >= 0.6 is 0 Å². The van der Waals surface area contributed by atoms with E-state index < -0.39 is 0 Å². The maximum Gasteiger partial charge on any atom is 0.129 e. The van der Waals surface area contributed by atoms with Gasteiger partial charge in [-0.3, -0.25) is 0 Å². The summed E-state index contributed by atoms with van der Waals surface area (Å²) >= 11 is 0. The second-order valence-electron chi connectivity index (χ2n) is 10.7. The predicted molar refractivity (Wildman–Crippen MR) is 134 cm³/mol. The maximum atomic E-state index is 8.96. The number of pyridine rings is 1. The average molecular weight is 436 g/mol. The van der Waals surface area contributed by atoms with Gasteiger partial charge in [0.1, 0.15) is 5.82 Å². The van der Waals surface area contributed by atoms with E-state index in [0.29, 0.717) is 12.0 Å². The van der Waals surface area contributed by atoms with Crippen LogP contribution in [0.15, 0.2) is 36.4 Å². The summed E-state index contributed by atoms with van der Waals surface area (Å²) in [5.41, 5.74) is 5.54. The van der Waals surface area contributed by atoms with E-state index in [1.807, 2.05) is 0 Å². The molecule has 0 bridgehead atoms. The summed E-state index contributed by atoms with van der Waals surface area (Å²) in [6, 6.07) is 14.0. The van der Waals surface area contributed by atoms with Crippen LogP contribution in [-0.2, 0) is 5.41 Å². The molecular weight excluding hydrogens is 394 g/mol. The highest BCUT2D eigenvalue weighted by molar-refractivity contribution is 5.64. The fourth-order valence-electron chi connectivity index (χ4n) is 5.42. The van der Waals surface area contributed by atoms with Crippen molar-refractivity contribution in [1.82, 2.24) is 10.3 Å². The van der Waals surface area contributed by atoms with Crippen LogP contribution in [0.25, 0.3) is 11.3 Å². The van der Waals surface area contributed by atoms with Gasteiger partial charge in [0.05, 0.1) is 5.69 Å². The van der Waals surface area contributed by atoms with E-state index in [9.17, 15) is 0 Å². The molecule has 3 atom stereocenters. The molecule has 1 fully saturated rings. The van der Waals surface area contributed by atoms with Crippen LogP contribution in [0.4, 0.5) is 5.82 Å². The molecule has 0 amide bonds. The first-order valence-corrected chi connectivity index (χ1v) is 12.6. The molecule has 4 rings (SSSR count). The zero-order valence-electron chi connectivity index (χ0n) is 20.4. The topological polar surface area (TPSA) is 48.4 Å². The molecule has 174 valence electrons. The van der Waals surface area contributed by atoms with Gasteiger partial charge in [0.15, 0.2) is 0 Å². The van der Waals surface area contributed by atoms with Crippen molar-refractivity contribution in [3.63, 3.8) is 0 Å². The Morgan fingerprint density at radius 3 is 2.78 bits per heavy atom. The fraction of sp³-hybridized carbons (Fsp3) is 0.607. The van der Waals surface area contributed by atoms with Crippen molar-refractivity contribution in [3.05, 3.63) is 47.5 Å². The monoisotopic (exact) mass is 435 g/mol. The number of nitrogens with zero attached hydrogens (tertiary/aromatic N) is 2. The lowest BCUT2D eigenvalue weighted by molar-refractivity contribution is 0.283. The predicted octanol–water partition coefficient (Wildman–Crippen LogP) is 5.50. The molecule has 1 aromatic carbocycles. The smallest absolute Gasteiger partial charge is 0.129 e. The number of aliphatic hydroxyl groups is 1. The van der Waals surface area contributed by atoms with E-state index in [0.717, 1.165) is 56.3 Å². The number of nitrogens with one attached hydrogen (secondary N) is 1. The number of aromatic nitrogens is 1. The van der Waals surface area contributed by atoms with Gasteiger partial charge < -0.3 is 15.3 Å². The van der Waals surface area contributed by atoms with Gasteiger partial charge >= 0.3 is 0 Å². The van der Waals surface area contributed by atoms with Crippen molar-refractivity contribution in [3.8, 4) is 11.3 Å². The van der Waals surface area contributed by atoms with E-state index in [-0.39, 0.29) is 12.0 Å². The number of hydrogen-bond donors (Lipinski definition) is 2. The molecule has 0 saturated carbocycles. The van der Waals surface area contributed by atoms with E-state index in [1.54, 1.807) is 0 Å². The minimum absolute atomic E-state index is 0.200. The molecule has 3 unspecified atom stereocenters. The fourth-order valence-corrected chi connectivity index (χ4v) is 5.42. The molecule has 4 heteroatoms. The molecule has 0 spiro atoms. The van der Waals surface area contributed by atoms with Crippen molar-refractivity contribution in [2.45, 2.75) is 77.2 Å². The average Bonchev–Trinajstić information content (AvgIpc) is 3.26. The van der Waals surface area contributed by atoms with Crippen molar-refractivity contribution in [1.29, 1.82) is 0 Å². The minimum atomic E-state index is 0.200. The Balaban J connectivity index is 1.52. The van der Waals surface area contributed by atoms with Crippen LogP contribution in [0, 0.1) is 5.92 Å². The standard InChI is InChI=1S/C28H41N3O/c1-20-12-14-28(3,4)25-18-22(10-11-24(25)21(20)2)26-8-7-9-27(30-26)31-16-13-23(19-31)29-15-5-6-17-32/h7-11,18,20-21,23,29,32H,5-6,12-17,19H2,1-4H3. The van der Waals surface area contributed by atoms with E-state index >= 15 is 0 Å². The zero-order chi connectivity index (χ0) is 22.7. The summed E-state index contributed by atoms with van der Waals surface area (Å²) in [7, 11) is 0. The van der Waals surface area contributed by atoms with Crippen LogP contribution in [0.1, 0.15) is 76.8 Å². The van der Waals surface area contributed by atoms with Gasteiger partial charge in [0, 0.05) is 31.3 Å². The minimum Gasteiger partial charge on any atom is -0.396 e. The number of rotatable bonds is 7. The Kier molecular flexibility index (Phi) is 7.21. The number of fused-ring (bicyclic) bond motifs is 1. The number of benzene rings is 1. The Morgan fingerprint density at radius 1 is 1.12 bits per heavy atom. The molecule has 2 N–H and O–H groups in total. The van der Waals surface area contributed by atoms with Gasteiger partial charge in [0.25, 0.3) is 0 Å². The summed E-state index contributed by atoms with van der Waals surface area (Å²) in [6.07, 6.45) is 5.59. The van der Waals surface area contributed by atoms with Gasteiger partial charge in [-0.1, -0.05) is 45.9 Å². The van der Waals surface area contributed by atoms with E-state index in [4.69, 9.17) is 10.1 Å². The Labute approximate surface area is 194 Å². The normalized spacial score (nSPS) is 24.9. The molecule has 1 aliphatic carbocycles. The lowest BCUT2D eigenvalue weighted by Gasteiger charge is -2.27.